The maximum Gasteiger partial charge on any atom is 0.0631 e. The molecule has 0 spiro atoms. The third-order valence-corrected chi connectivity index (χ3v) is 4.75. The molecule has 112 valence electrons. The summed E-state index contributed by atoms with van der Waals surface area (Å²) in [6.07, 6.45) is 4.99. The fourth-order valence-electron chi connectivity index (χ4n) is 3.55. The first kappa shape index (κ1) is 15.5. The number of nitrogens with one attached hydrogen (secondary N) is 1. The van der Waals surface area contributed by atoms with Gasteiger partial charge < -0.3 is 10.1 Å². The fraction of sp³-hybridized carbons (Fsp3) is 0.667. The second-order valence-electron chi connectivity index (χ2n) is 6.77. The highest BCUT2D eigenvalue weighted by molar-refractivity contribution is 5.26. The van der Waals surface area contributed by atoms with Crippen LogP contribution >= 0.6 is 0 Å². The van der Waals surface area contributed by atoms with E-state index in [9.17, 15) is 0 Å². The van der Waals surface area contributed by atoms with Crippen molar-refractivity contribution in [2.75, 3.05) is 13.6 Å². The van der Waals surface area contributed by atoms with Crippen LogP contribution in [0.3, 0.4) is 0 Å². The largest absolute Gasteiger partial charge is 0.372 e. The average molecular weight is 275 g/mol. The number of hydrogen-bond donors (Lipinski definition) is 1. The fourth-order valence-corrected chi connectivity index (χ4v) is 3.55. The molecule has 2 nitrogen and oxygen atoms in total. The standard InChI is InChI=1S/C18H29NO/c1-5-18(14-19-4,15-9-7-6-8-10-15)13-16-11-12-17(2,3)20-16/h6-10,16,19H,5,11-14H2,1-4H3. The third kappa shape index (κ3) is 3.42. The summed E-state index contributed by atoms with van der Waals surface area (Å²) in [5.74, 6) is 0. The quantitative estimate of drug-likeness (QED) is 0.850. The number of likely N-dealkylation sites (N-methyl/N-ethyl adjacent to an activating group) is 1. The minimum Gasteiger partial charge on any atom is -0.372 e. The molecule has 1 aromatic rings. The Morgan fingerprint density at radius 2 is 2.00 bits per heavy atom. The Kier molecular flexibility index (Phi) is 4.87. The molecular formula is C18H29NO. The van der Waals surface area contributed by atoms with Gasteiger partial charge in [0.15, 0.2) is 0 Å². The van der Waals surface area contributed by atoms with Crippen LogP contribution in [0.1, 0.15) is 52.0 Å². The van der Waals surface area contributed by atoms with Gasteiger partial charge in [-0.3, -0.25) is 0 Å². The summed E-state index contributed by atoms with van der Waals surface area (Å²) >= 11 is 0. The molecule has 1 N–H and O–H groups in total. The molecule has 1 heterocycles. The van der Waals surface area contributed by atoms with E-state index in [1.807, 2.05) is 7.05 Å². The highest BCUT2D eigenvalue weighted by Crippen LogP contribution is 2.39. The van der Waals surface area contributed by atoms with E-state index < -0.39 is 0 Å². The van der Waals surface area contributed by atoms with Crippen molar-refractivity contribution in [1.29, 1.82) is 0 Å². The summed E-state index contributed by atoms with van der Waals surface area (Å²) in [5, 5.41) is 3.40. The maximum absolute atomic E-state index is 6.25. The van der Waals surface area contributed by atoms with Crippen LogP contribution in [0.4, 0.5) is 0 Å². The Hall–Kier alpha value is -0.860. The number of rotatable bonds is 6. The lowest BCUT2D eigenvalue weighted by Crippen LogP contribution is -2.39. The van der Waals surface area contributed by atoms with Crippen LogP contribution < -0.4 is 5.32 Å². The number of hydrogen-bond acceptors (Lipinski definition) is 2. The number of benzene rings is 1. The summed E-state index contributed by atoms with van der Waals surface area (Å²) in [6.45, 7) is 7.72. The second kappa shape index (κ2) is 6.28. The van der Waals surface area contributed by atoms with Crippen molar-refractivity contribution < 1.29 is 4.74 Å². The van der Waals surface area contributed by atoms with E-state index in [2.05, 4.69) is 56.4 Å². The van der Waals surface area contributed by atoms with E-state index >= 15 is 0 Å². The molecule has 0 radical (unpaired) electrons. The van der Waals surface area contributed by atoms with E-state index in [0.717, 1.165) is 19.4 Å². The summed E-state index contributed by atoms with van der Waals surface area (Å²) in [7, 11) is 2.05. The van der Waals surface area contributed by atoms with Gasteiger partial charge in [0.1, 0.15) is 0 Å². The lowest BCUT2D eigenvalue weighted by atomic mass is 9.73. The highest BCUT2D eigenvalue weighted by Gasteiger charge is 2.38. The van der Waals surface area contributed by atoms with Crippen molar-refractivity contribution in [2.45, 2.75) is 63.6 Å². The molecule has 0 saturated carbocycles. The van der Waals surface area contributed by atoms with E-state index in [0.29, 0.717) is 6.10 Å². The molecule has 1 aromatic carbocycles. The molecule has 1 saturated heterocycles. The SMILES string of the molecule is CCC(CNC)(CC1CCC(C)(C)O1)c1ccccc1. The first-order valence-electron chi connectivity index (χ1n) is 7.89. The summed E-state index contributed by atoms with van der Waals surface area (Å²) in [5.41, 5.74) is 1.67. The molecular weight excluding hydrogens is 246 g/mol. The van der Waals surface area contributed by atoms with Gasteiger partial charge in [0.05, 0.1) is 11.7 Å². The normalized spacial score (nSPS) is 24.5. The van der Waals surface area contributed by atoms with Gasteiger partial charge in [0.2, 0.25) is 0 Å². The molecule has 1 aliphatic heterocycles. The van der Waals surface area contributed by atoms with E-state index in [1.54, 1.807) is 0 Å². The predicted octanol–water partition coefficient (Wildman–Crippen LogP) is 3.90. The van der Waals surface area contributed by atoms with Crippen molar-refractivity contribution in [3.8, 4) is 0 Å². The minimum absolute atomic E-state index is 0.0560. The van der Waals surface area contributed by atoms with Crippen LogP contribution in [0.5, 0.6) is 0 Å². The highest BCUT2D eigenvalue weighted by atomic mass is 16.5. The van der Waals surface area contributed by atoms with Gasteiger partial charge in [-0.05, 0) is 52.1 Å². The zero-order chi connectivity index (χ0) is 14.6. The van der Waals surface area contributed by atoms with Gasteiger partial charge in [-0.2, -0.15) is 0 Å². The molecule has 1 fully saturated rings. The monoisotopic (exact) mass is 275 g/mol. The van der Waals surface area contributed by atoms with Crippen LogP contribution in [0.2, 0.25) is 0 Å². The molecule has 2 atom stereocenters. The van der Waals surface area contributed by atoms with Crippen LogP contribution in [-0.4, -0.2) is 25.3 Å². The smallest absolute Gasteiger partial charge is 0.0631 e. The van der Waals surface area contributed by atoms with Crippen molar-refractivity contribution >= 4 is 0 Å². The van der Waals surface area contributed by atoms with Gasteiger partial charge in [-0.1, -0.05) is 37.3 Å². The van der Waals surface area contributed by atoms with E-state index in [1.165, 1.54) is 18.4 Å². The lowest BCUT2D eigenvalue weighted by molar-refractivity contribution is -0.0279. The lowest BCUT2D eigenvalue weighted by Gasteiger charge is -2.36. The van der Waals surface area contributed by atoms with Crippen LogP contribution in [-0.2, 0) is 10.2 Å². The summed E-state index contributed by atoms with van der Waals surface area (Å²) in [4.78, 5) is 0. The average Bonchev–Trinajstić information content (AvgIpc) is 2.78. The molecule has 2 rings (SSSR count). The maximum atomic E-state index is 6.25. The van der Waals surface area contributed by atoms with Crippen molar-refractivity contribution in [3.63, 3.8) is 0 Å². The molecule has 2 unspecified atom stereocenters. The van der Waals surface area contributed by atoms with Crippen LogP contribution in [0, 0.1) is 0 Å². The molecule has 0 amide bonds. The van der Waals surface area contributed by atoms with Crippen molar-refractivity contribution in [2.24, 2.45) is 0 Å². The van der Waals surface area contributed by atoms with Gasteiger partial charge in [-0.25, -0.2) is 0 Å². The van der Waals surface area contributed by atoms with E-state index in [-0.39, 0.29) is 11.0 Å². The third-order valence-electron chi connectivity index (χ3n) is 4.75. The first-order valence-corrected chi connectivity index (χ1v) is 7.89. The minimum atomic E-state index is 0.0560. The Bertz CT molecular complexity index is 415. The van der Waals surface area contributed by atoms with Gasteiger partial charge in [0.25, 0.3) is 0 Å². The first-order chi connectivity index (χ1) is 9.51. The molecule has 2 heteroatoms. The molecule has 1 aliphatic rings. The van der Waals surface area contributed by atoms with Gasteiger partial charge >= 0.3 is 0 Å². The van der Waals surface area contributed by atoms with Crippen molar-refractivity contribution in [3.05, 3.63) is 35.9 Å². The van der Waals surface area contributed by atoms with Crippen LogP contribution in [0.25, 0.3) is 0 Å². The summed E-state index contributed by atoms with van der Waals surface area (Å²) < 4.78 is 6.25. The molecule has 0 bridgehead atoms. The van der Waals surface area contributed by atoms with E-state index in [4.69, 9.17) is 4.74 Å². The zero-order valence-corrected chi connectivity index (χ0v) is 13.4. The van der Waals surface area contributed by atoms with Crippen LogP contribution in [0.15, 0.2) is 30.3 Å². The number of ether oxygens (including phenoxy) is 1. The molecule has 20 heavy (non-hydrogen) atoms. The molecule has 0 aromatic heterocycles. The van der Waals surface area contributed by atoms with Gasteiger partial charge in [-0.15, -0.1) is 0 Å². The van der Waals surface area contributed by atoms with Gasteiger partial charge in [0, 0.05) is 12.0 Å². The molecule has 0 aliphatic carbocycles. The Morgan fingerprint density at radius 3 is 2.50 bits per heavy atom. The Balaban J connectivity index is 2.19. The Labute approximate surface area is 123 Å². The van der Waals surface area contributed by atoms with Crippen molar-refractivity contribution in [1.82, 2.24) is 5.32 Å². The summed E-state index contributed by atoms with van der Waals surface area (Å²) in [6, 6.07) is 10.9. The predicted molar refractivity (Wildman–Crippen MR) is 85.1 cm³/mol. The zero-order valence-electron chi connectivity index (χ0n) is 13.4. The Morgan fingerprint density at radius 1 is 1.30 bits per heavy atom. The second-order valence-corrected chi connectivity index (χ2v) is 6.77. The topological polar surface area (TPSA) is 21.3 Å².